The van der Waals surface area contributed by atoms with Crippen LogP contribution < -0.4 is 5.32 Å². The molecule has 0 fully saturated rings. The maximum Gasteiger partial charge on any atom is 0.339 e. The highest BCUT2D eigenvalue weighted by Crippen LogP contribution is 2.27. The van der Waals surface area contributed by atoms with Gasteiger partial charge in [0.25, 0.3) is 0 Å². The molecule has 2 amide bonds. The van der Waals surface area contributed by atoms with E-state index in [1.54, 1.807) is 0 Å². The number of hydrogen-bond donors (Lipinski definition) is 3. The highest BCUT2D eigenvalue weighted by atomic mass is 32.2. The molecule has 1 rings (SSSR count). The lowest BCUT2D eigenvalue weighted by molar-refractivity contribution is 0.0693. The van der Waals surface area contributed by atoms with Crippen molar-refractivity contribution in [3.8, 4) is 5.75 Å². The van der Waals surface area contributed by atoms with Crippen LogP contribution in [0.5, 0.6) is 5.75 Å². The second kappa shape index (κ2) is 6.44. The van der Waals surface area contributed by atoms with E-state index in [0.29, 0.717) is 0 Å². The molecule has 0 aromatic heterocycles. The van der Waals surface area contributed by atoms with Crippen molar-refractivity contribution in [1.29, 1.82) is 0 Å². The van der Waals surface area contributed by atoms with Crippen LogP contribution in [0.2, 0.25) is 0 Å². The molecule has 0 spiro atoms. The number of benzene rings is 1. The number of carboxylic acids is 1. The fraction of sp³-hybridized carbons (Fsp3) is 0.333. The minimum atomic E-state index is -3.20. The molecule has 0 aliphatic carbocycles. The Balaban J connectivity index is 2.79. The Bertz CT molecular complexity index is 656. The van der Waals surface area contributed by atoms with Crippen molar-refractivity contribution in [3.05, 3.63) is 23.8 Å². The number of carbonyl (C=O) groups is 2. The fourth-order valence-electron chi connectivity index (χ4n) is 1.43. The maximum absolute atomic E-state index is 11.8. The lowest BCUT2D eigenvalue weighted by atomic mass is 10.1. The molecule has 0 aliphatic heterocycles. The van der Waals surface area contributed by atoms with E-state index in [9.17, 15) is 23.1 Å². The number of aromatic carboxylic acids is 1. The SMILES string of the molecule is CN(CCS(C)(=O)=O)C(=O)Nc1cccc(C(=O)O)c1O. The van der Waals surface area contributed by atoms with E-state index in [0.717, 1.165) is 11.2 Å². The van der Waals surface area contributed by atoms with Gasteiger partial charge < -0.3 is 20.4 Å². The van der Waals surface area contributed by atoms with Crippen molar-refractivity contribution in [1.82, 2.24) is 4.90 Å². The van der Waals surface area contributed by atoms with Crippen molar-refractivity contribution in [3.63, 3.8) is 0 Å². The van der Waals surface area contributed by atoms with Crippen LogP contribution in [-0.2, 0) is 9.84 Å². The number of carboxylic acid groups (broad SMARTS) is 1. The lowest BCUT2D eigenvalue weighted by Gasteiger charge is -2.18. The number of sulfone groups is 1. The molecule has 0 unspecified atom stereocenters. The zero-order valence-corrected chi connectivity index (χ0v) is 12.3. The Labute approximate surface area is 121 Å². The number of nitrogens with zero attached hydrogens (tertiary/aromatic N) is 1. The molecular weight excluding hydrogens is 300 g/mol. The fourth-order valence-corrected chi connectivity index (χ4v) is 2.04. The minimum Gasteiger partial charge on any atom is -0.505 e. The topological polar surface area (TPSA) is 124 Å². The third-order valence-electron chi connectivity index (χ3n) is 2.65. The molecule has 0 radical (unpaired) electrons. The molecule has 0 saturated heterocycles. The molecule has 116 valence electrons. The smallest absolute Gasteiger partial charge is 0.339 e. The second-order valence-electron chi connectivity index (χ2n) is 4.49. The summed E-state index contributed by atoms with van der Waals surface area (Å²) in [5, 5.41) is 20.9. The molecule has 1 aromatic rings. The van der Waals surface area contributed by atoms with Crippen molar-refractivity contribution in [2.45, 2.75) is 0 Å². The van der Waals surface area contributed by atoms with Gasteiger partial charge in [-0.15, -0.1) is 0 Å². The van der Waals surface area contributed by atoms with Crippen molar-refractivity contribution < 1.29 is 28.2 Å². The first kappa shape index (κ1) is 16.8. The van der Waals surface area contributed by atoms with Gasteiger partial charge in [-0.3, -0.25) is 0 Å². The summed E-state index contributed by atoms with van der Waals surface area (Å²) < 4.78 is 22.1. The van der Waals surface area contributed by atoms with E-state index in [2.05, 4.69) is 5.32 Å². The molecule has 0 atom stereocenters. The molecule has 3 N–H and O–H groups in total. The molecule has 9 heteroatoms. The molecule has 21 heavy (non-hydrogen) atoms. The molecule has 0 heterocycles. The maximum atomic E-state index is 11.8. The minimum absolute atomic E-state index is 0.0238. The Morgan fingerprint density at radius 2 is 1.95 bits per heavy atom. The summed E-state index contributed by atoms with van der Waals surface area (Å²) in [5.41, 5.74) is -0.405. The largest absolute Gasteiger partial charge is 0.505 e. The summed E-state index contributed by atoms with van der Waals surface area (Å²) in [4.78, 5) is 23.8. The van der Waals surface area contributed by atoms with Gasteiger partial charge in [0, 0.05) is 19.8 Å². The third-order valence-corrected chi connectivity index (χ3v) is 3.58. The number of urea groups is 1. The predicted octanol–water partition coefficient (Wildman–Crippen LogP) is 0.599. The molecule has 1 aromatic carbocycles. The number of rotatable bonds is 5. The number of aromatic hydroxyl groups is 1. The van der Waals surface area contributed by atoms with Crippen LogP contribution in [0.3, 0.4) is 0 Å². The van der Waals surface area contributed by atoms with Crippen LogP contribution >= 0.6 is 0 Å². The van der Waals surface area contributed by atoms with Crippen molar-refractivity contribution in [2.75, 3.05) is 30.9 Å². The van der Waals surface area contributed by atoms with Gasteiger partial charge in [0.15, 0.2) is 5.75 Å². The van der Waals surface area contributed by atoms with Gasteiger partial charge >= 0.3 is 12.0 Å². The number of anilines is 1. The number of nitrogens with one attached hydrogen (secondary N) is 1. The van der Waals surface area contributed by atoms with Gasteiger partial charge in [-0.25, -0.2) is 18.0 Å². The molecule has 8 nitrogen and oxygen atoms in total. The molecule has 0 bridgehead atoms. The number of para-hydroxylation sites is 1. The van der Waals surface area contributed by atoms with Crippen molar-refractivity contribution >= 4 is 27.5 Å². The lowest BCUT2D eigenvalue weighted by Crippen LogP contribution is -2.34. The molecule has 0 saturated carbocycles. The van der Waals surface area contributed by atoms with Crippen molar-refractivity contribution in [2.24, 2.45) is 0 Å². The van der Waals surface area contributed by atoms with Gasteiger partial charge in [0.1, 0.15) is 15.4 Å². The Hall–Kier alpha value is -2.29. The van der Waals surface area contributed by atoms with Crippen LogP contribution in [0.4, 0.5) is 10.5 Å². The first-order valence-electron chi connectivity index (χ1n) is 5.87. The van der Waals surface area contributed by atoms with E-state index in [1.807, 2.05) is 0 Å². The van der Waals surface area contributed by atoms with Gasteiger partial charge in [0.2, 0.25) is 0 Å². The quantitative estimate of drug-likeness (QED) is 0.683. The number of carbonyl (C=O) groups excluding carboxylic acids is 1. The Morgan fingerprint density at radius 3 is 2.48 bits per heavy atom. The number of amides is 2. The van der Waals surface area contributed by atoms with E-state index >= 15 is 0 Å². The van der Waals surface area contributed by atoms with Gasteiger partial charge in [-0.05, 0) is 12.1 Å². The van der Waals surface area contributed by atoms with Gasteiger partial charge in [-0.2, -0.15) is 0 Å². The van der Waals surface area contributed by atoms with E-state index in [-0.39, 0.29) is 23.5 Å². The summed E-state index contributed by atoms with van der Waals surface area (Å²) in [6.45, 7) is -0.0238. The average Bonchev–Trinajstić information content (AvgIpc) is 2.37. The number of phenols is 1. The van der Waals surface area contributed by atoms with E-state index in [1.165, 1.54) is 25.2 Å². The van der Waals surface area contributed by atoms with Crippen LogP contribution in [0.1, 0.15) is 10.4 Å². The molecule has 0 aliphatic rings. The second-order valence-corrected chi connectivity index (χ2v) is 6.75. The standard InChI is InChI=1S/C12H16N2O6S/c1-14(6-7-21(2,19)20)12(18)13-9-5-3-4-8(10(9)15)11(16)17/h3-5,15H,6-7H2,1-2H3,(H,13,18)(H,16,17). The highest BCUT2D eigenvalue weighted by molar-refractivity contribution is 7.90. The Kier molecular flexibility index (Phi) is 5.14. The Morgan fingerprint density at radius 1 is 1.33 bits per heavy atom. The van der Waals surface area contributed by atoms with Gasteiger partial charge in [-0.1, -0.05) is 6.07 Å². The van der Waals surface area contributed by atoms with Crippen LogP contribution in [0, 0.1) is 0 Å². The zero-order valence-electron chi connectivity index (χ0n) is 11.5. The van der Waals surface area contributed by atoms with E-state index < -0.39 is 27.6 Å². The summed E-state index contributed by atoms with van der Waals surface area (Å²) in [7, 11) is -1.81. The van der Waals surface area contributed by atoms with Crippen LogP contribution in [0.15, 0.2) is 18.2 Å². The summed E-state index contributed by atoms with van der Waals surface area (Å²) in [6, 6.07) is 3.25. The molecular formula is C12H16N2O6S. The van der Waals surface area contributed by atoms with Crippen LogP contribution in [-0.4, -0.2) is 61.1 Å². The first-order chi connectivity index (χ1) is 9.61. The normalized spacial score (nSPS) is 11.0. The van der Waals surface area contributed by atoms with E-state index in [4.69, 9.17) is 5.11 Å². The zero-order chi connectivity index (χ0) is 16.2. The highest BCUT2D eigenvalue weighted by Gasteiger charge is 2.17. The predicted molar refractivity (Wildman–Crippen MR) is 76.4 cm³/mol. The first-order valence-corrected chi connectivity index (χ1v) is 7.93. The number of hydrogen-bond acceptors (Lipinski definition) is 5. The average molecular weight is 316 g/mol. The monoisotopic (exact) mass is 316 g/mol. The summed E-state index contributed by atoms with van der Waals surface area (Å²) >= 11 is 0. The summed E-state index contributed by atoms with van der Waals surface area (Å²) in [5.74, 6) is -2.08. The summed E-state index contributed by atoms with van der Waals surface area (Å²) in [6.07, 6.45) is 1.06. The third kappa shape index (κ3) is 4.95. The van der Waals surface area contributed by atoms with Gasteiger partial charge in [0.05, 0.1) is 11.4 Å². The van der Waals surface area contributed by atoms with Crippen LogP contribution in [0.25, 0.3) is 0 Å².